The fourth-order valence-corrected chi connectivity index (χ4v) is 3.75. The van der Waals surface area contributed by atoms with Crippen molar-refractivity contribution >= 4 is 51.7 Å². The Balaban J connectivity index is 1.74. The number of nitrogens with zero attached hydrogens (tertiary/aromatic N) is 3. The van der Waals surface area contributed by atoms with Crippen molar-refractivity contribution in [2.75, 3.05) is 12.4 Å². The lowest BCUT2D eigenvalue weighted by atomic mass is 10.1. The van der Waals surface area contributed by atoms with E-state index < -0.39 is 5.91 Å². The van der Waals surface area contributed by atoms with Crippen LogP contribution in [0.1, 0.15) is 23.1 Å². The first kappa shape index (κ1) is 23.5. The van der Waals surface area contributed by atoms with Gasteiger partial charge in [0.15, 0.2) is 11.5 Å². The number of amides is 1. The molecule has 0 unspecified atom stereocenters. The number of methoxy groups -OCH3 is 1. The lowest BCUT2D eigenvalue weighted by Crippen LogP contribution is -2.13. The van der Waals surface area contributed by atoms with Crippen LogP contribution in [0.2, 0.25) is 10.0 Å². The molecule has 32 heavy (non-hydrogen) atoms. The maximum absolute atomic E-state index is 12.4. The number of carbonyl (C=O) groups is 1. The number of nitriles is 1. The second-order valence-corrected chi connectivity index (χ2v) is 8.32. The van der Waals surface area contributed by atoms with E-state index in [1.165, 1.54) is 24.5 Å². The van der Waals surface area contributed by atoms with Crippen molar-refractivity contribution in [1.29, 1.82) is 5.26 Å². The van der Waals surface area contributed by atoms with Gasteiger partial charge in [-0.15, -0.1) is 10.2 Å². The average Bonchev–Trinajstić information content (AvgIpc) is 3.24. The fraction of sp³-hybridized carbons (Fsp3) is 0.182. The van der Waals surface area contributed by atoms with Crippen LogP contribution in [0.5, 0.6) is 11.5 Å². The van der Waals surface area contributed by atoms with E-state index in [0.717, 1.165) is 10.6 Å². The van der Waals surface area contributed by atoms with E-state index in [4.69, 9.17) is 32.7 Å². The van der Waals surface area contributed by atoms with Crippen molar-refractivity contribution in [3.63, 3.8) is 0 Å². The van der Waals surface area contributed by atoms with Crippen LogP contribution >= 0.6 is 34.5 Å². The number of ether oxygens (including phenoxy) is 2. The fourth-order valence-electron chi connectivity index (χ4n) is 2.61. The summed E-state index contributed by atoms with van der Waals surface area (Å²) in [7, 11) is 1.50. The molecule has 0 atom stereocenters. The Morgan fingerprint density at radius 2 is 2.03 bits per heavy atom. The molecule has 0 aliphatic heterocycles. The monoisotopic (exact) mass is 488 g/mol. The van der Waals surface area contributed by atoms with E-state index in [1.807, 2.05) is 13.0 Å². The van der Waals surface area contributed by atoms with Crippen molar-refractivity contribution in [2.24, 2.45) is 0 Å². The molecule has 0 saturated heterocycles. The third kappa shape index (κ3) is 5.98. The first-order chi connectivity index (χ1) is 15.4. The van der Waals surface area contributed by atoms with Gasteiger partial charge in [0.2, 0.25) is 5.13 Å². The molecule has 3 rings (SSSR count). The highest BCUT2D eigenvalue weighted by Gasteiger charge is 2.14. The molecule has 1 amide bonds. The van der Waals surface area contributed by atoms with Gasteiger partial charge in [-0.1, -0.05) is 53.6 Å². The predicted octanol–water partition coefficient (Wildman–Crippen LogP) is 5.54. The standard InChI is InChI=1S/C22H18Cl2N4O3S/c1-3-20-27-28-22(32-20)26-21(29)15(11-25)8-13-4-7-18(19(9-13)30-2)31-12-14-5-6-16(23)10-17(14)24/h4-10H,3,12H2,1-2H3,(H,26,28,29)/b15-8-. The van der Waals surface area contributed by atoms with Crippen LogP contribution in [-0.4, -0.2) is 23.2 Å². The number of hydrogen-bond donors (Lipinski definition) is 1. The number of benzene rings is 2. The molecule has 3 aromatic rings. The molecule has 0 aliphatic carbocycles. The molecule has 2 aromatic carbocycles. The van der Waals surface area contributed by atoms with Gasteiger partial charge in [-0.05, 0) is 42.3 Å². The number of aromatic nitrogens is 2. The zero-order valence-electron chi connectivity index (χ0n) is 17.2. The van der Waals surface area contributed by atoms with E-state index in [-0.39, 0.29) is 12.2 Å². The summed E-state index contributed by atoms with van der Waals surface area (Å²) in [5, 5.41) is 22.0. The molecule has 0 radical (unpaired) electrons. The van der Waals surface area contributed by atoms with Crippen molar-refractivity contribution in [2.45, 2.75) is 20.0 Å². The summed E-state index contributed by atoms with van der Waals surface area (Å²) in [4.78, 5) is 12.4. The topological polar surface area (TPSA) is 97.1 Å². The number of hydrogen-bond acceptors (Lipinski definition) is 7. The molecule has 0 bridgehead atoms. The molecule has 0 spiro atoms. The molecule has 10 heteroatoms. The van der Waals surface area contributed by atoms with Crippen LogP contribution < -0.4 is 14.8 Å². The number of aryl methyl sites for hydroxylation is 1. The Labute approximate surface area is 199 Å². The summed E-state index contributed by atoms with van der Waals surface area (Å²) in [6, 6.07) is 12.2. The highest BCUT2D eigenvalue weighted by molar-refractivity contribution is 7.15. The largest absolute Gasteiger partial charge is 0.493 e. The van der Waals surface area contributed by atoms with E-state index in [1.54, 1.807) is 36.4 Å². The smallest absolute Gasteiger partial charge is 0.268 e. The normalized spacial score (nSPS) is 11.0. The van der Waals surface area contributed by atoms with E-state index in [9.17, 15) is 10.1 Å². The van der Waals surface area contributed by atoms with Crippen LogP contribution in [0.25, 0.3) is 6.08 Å². The Morgan fingerprint density at radius 3 is 2.69 bits per heavy atom. The van der Waals surface area contributed by atoms with E-state index >= 15 is 0 Å². The maximum atomic E-state index is 12.4. The predicted molar refractivity (Wildman–Crippen MR) is 125 cm³/mol. The maximum Gasteiger partial charge on any atom is 0.268 e. The van der Waals surface area contributed by atoms with Crippen LogP contribution in [0.15, 0.2) is 42.0 Å². The molecule has 0 saturated carbocycles. The highest BCUT2D eigenvalue weighted by atomic mass is 35.5. The van der Waals surface area contributed by atoms with Crippen molar-refractivity contribution in [3.8, 4) is 17.6 Å². The Kier molecular flexibility index (Phi) is 8.06. The minimum absolute atomic E-state index is 0.0816. The SMILES string of the molecule is CCc1nnc(NC(=O)/C(C#N)=C\c2ccc(OCc3ccc(Cl)cc3Cl)c(OC)c2)s1. The number of anilines is 1. The molecule has 0 fully saturated rings. The van der Waals surface area contributed by atoms with Gasteiger partial charge < -0.3 is 9.47 Å². The zero-order valence-corrected chi connectivity index (χ0v) is 19.5. The number of halogens is 2. The lowest BCUT2D eigenvalue weighted by Gasteiger charge is -2.12. The molecule has 1 heterocycles. The lowest BCUT2D eigenvalue weighted by molar-refractivity contribution is -0.112. The third-order valence-electron chi connectivity index (χ3n) is 4.25. The van der Waals surface area contributed by atoms with E-state index in [2.05, 4.69) is 15.5 Å². The van der Waals surface area contributed by atoms with Crippen LogP contribution in [0.4, 0.5) is 5.13 Å². The molecule has 7 nitrogen and oxygen atoms in total. The minimum atomic E-state index is -0.567. The van der Waals surface area contributed by atoms with Gasteiger partial charge >= 0.3 is 0 Å². The van der Waals surface area contributed by atoms with Gasteiger partial charge in [0, 0.05) is 15.6 Å². The second-order valence-electron chi connectivity index (χ2n) is 6.41. The molecular formula is C22H18Cl2N4O3S. The second kappa shape index (κ2) is 11.0. The molecule has 0 aliphatic rings. The first-order valence-corrected chi connectivity index (χ1v) is 11.0. The Hall–Kier alpha value is -3.12. The van der Waals surface area contributed by atoms with Crippen LogP contribution in [-0.2, 0) is 17.8 Å². The van der Waals surface area contributed by atoms with E-state index in [0.29, 0.717) is 38.7 Å². The average molecular weight is 489 g/mol. The summed E-state index contributed by atoms with van der Waals surface area (Å²) in [5.74, 6) is 0.362. The summed E-state index contributed by atoms with van der Waals surface area (Å²) in [6.07, 6.45) is 2.17. The number of nitrogens with one attached hydrogen (secondary N) is 1. The van der Waals surface area contributed by atoms with Gasteiger partial charge in [-0.3, -0.25) is 10.1 Å². The number of carbonyl (C=O) groups excluding carboxylic acids is 1. The van der Waals surface area contributed by atoms with Gasteiger partial charge in [0.1, 0.15) is 23.3 Å². The third-order valence-corrected chi connectivity index (χ3v) is 5.82. The number of rotatable bonds is 8. The Bertz CT molecular complexity index is 1200. The quantitative estimate of drug-likeness (QED) is 0.330. The zero-order chi connectivity index (χ0) is 23.1. The van der Waals surface area contributed by atoms with Gasteiger partial charge in [-0.2, -0.15) is 5.26 Å². The Morgan fingerprint density at radius 1 is 1.22 bits per heavy atom. The van der Waals surface area contributed by atoms with Gasteiger partial charge in [-0.25, -0.2) is 0 Å². The minimum Gasteiger partial charge on any atom is -0.493 e. The first-order valence-electron chi connectivity index (χ1n) is 9.43. The van der Waals surface area contributed by atoms with Crippen LogP contribution in [0, 0.1) is 11.3 Å². The molecule has 1 aromatic heterocycles. The molecule has 164 valence electrons. The summed E-state index contributed by atoms with van der Waals surface area (Å²) < 4.78 is 11.2. The van der Waals surface area contributed by atoms with Crippen molar-refractivity contribution in [3.05, 3.63) is 68.2 Å². The van der Waals surface area contributed by atoms with Crippen molar-refractivity contribution in [1.82, 2.24) is 10.2 Å². The van der Waals surface area contributed by atoms with Crippen molar-refractivity contribution < 1.29 is 14.3 Å². The molecular weight excluding hydrogens is 471 g/mol. The highest BCUT2D eigenvalue weighted by Crippen LogP contribution is 2.31. The molecule has 1 N–H and O–H groups in total. The summed E-state index contributed by atoms with van der Waals surface area (Å²) >= 11 is 13.4. The van der Waals surface area contributed by atoms with Gasteiger partial charge in [0.05, 0.1) is 7.11 Å². The summed E-state index contributed by atoms with van der Waals surface area (Å²) in [5.41, 5.74) is 1.28. The van der Waals surface area contributed by atoms with Crippen LogP contribution in [0.3, 0.4) is 0 Å². The van der Waals surface area contributed by atoms with Gasteiger partial charge in [0.25, 0.3) is 5.91 Å². The summed E-state index contributed by atoms with van der Waals surface area (Å²) in [6.45, 7) is 2.16.